The number of hydrogen-bond acceptors (Lipinski definition) is 6. The van der Waals surface area contributed by atoms with Crippen molar-refractivity contribution in [1.29, 1.82) is 0 Å². The van der Waals surface area contributed by atoms with Crippen LogP contribution in [0.3, 0.4) is 0 Å². The molecule has 0 amide bonds. The Morgan fingerprint density at radius 3 is 2.63 bits per heavy atom. The number of fused-ring (bicyclic) bond motifs is 1. The second kappa shape index (κ2) is 8.80. The van der Waals surface area contributed by atoms with Gasteiger partial charge in [0.25, 0.3) is 0 Å². The van der Waals surface area contributed by atoms with Gasteiger partial charge in [0.1, 0.15) is 11.6 Å². The van der Waals surface area contributed by atoms with Crippen LogP contribution in [0.4, 0.5) is 14.5 Å². The minimum Gasteiger partial charge on any atom is -0.454 e. The Bertz CT molecular complexity index is 980. The van der Waals surface area contributed by atoms with E-state index in [1.54, 1.807) is 0 Å². The van der Waals surface area contributed by atoms with Gasteiger partial charge >= 0.3 is 0 Å². The predicted octanol–water partition coefficient (Wildman–Crippen LogP) is 2.18. The molecule has 2 aliphatic heterocycles. The maximum Gasteiger partial charge on any atom is 0.231 e. The van der Waals surface area contributed by atoms with Crippen LogP contribution < -0.4 is 25.5 Å². The molecule has 1 fully saturated rings. The van der Waals surface area contributed by atoms with Gasteiger partial charge in [-0.2, -0.15) is 5.10 Å². The van der Waals surface area contributed by atoms with Gasteiger partial charge in [-0.25, -0.2) is 8.78 Å². The first-order valence-electron chi connectivity index (χ1n) is 9.43. The number of hydrazone groups is 1. The lowest BCUT2D eigenvalue weighted by atomic mass is 10.1. The van der Waals surface area contributed by atoms with Crippen LogP contribution in [-0.2, 0) is 6.54 Å². The Morgan fingerprint density at radius 1 is 1.10 bits per heavy atom. The lowest BCUT2D eigenvalue weighted by Gasteiger charge is -2.36. The molecular formula is C20H21F2N5O2S. The van der Waals surface area contributed by atoms with E-state index in [2.05, 4.69) is 27.6 Å². The average molecular weight is 433 g/mol. The zero-order valence-corrected chi connectivity index (χ0v) is 16.9. The first-order valence-corrected chi connectivity index (χ1v) is 9.84. The number of thiocarbonyl (C=S) groups is 1. The van der Waals surface area contributed by atoms with Crippen LogP contribution in [0.1, 0.15) is 11.1 Å². The highest BCUT2D eigenvalue weighted by molar-refractivity contribution is 7.80. The molecule has 0 bridgehead atoms. The summed E-state index contributed by atoms with van der Waals surface area (Å²) in [5.74, 6) is 0.451. The highest BCUT2D eigenvalue weighted by Crippen LogP contribution is 2.33. The Morgan fingerprint density at radius 2 is 1.87 bits per heavy atom. The van der Waals surface area contributed by atoms with E-state index in [0.29, 0.717) is 13.1 Å². The van der Waals surface area contributed by atoms with Crippen molar-refractivity contribution < 1.29 is 18.3 Å². The van der Waals surface area contributed by atoms with Gasteiger partial charge in [0.15, 0.2) is 16.6 Å². The lowest BCUT2D eigenvalue weighted by Crippen LogP contribution is -2.46. The summed E-state index contributed by atoms with van der Waals surface area (Å²) in [5.41, 5.74) is 8.95. The Balaban J connectivity index is 1.37. The van der Waals surface area contributed by atoms with Crippen molar-refractivity contribution in [2.24, 2.45) is 10.8 Å². The Hall–Kier alpha value is -2.98. The summed E-state index contributed by atoms with van der Waals surface area (Å²) in [7, 11) is 0. The van der Waals surface area contributed by atoms with Gasteiger partial charge in [0.05, 0.1) is 11.9 Å². The highest BCUT2D eigenvalue weighted by atomic mass is 32.1. The van der Waals surface area contributed by atoms with E-state index in [9.17, 15) is 8.78 Å². The van der Waals surface area contributed by atoms with E-state index < -0.39 is 11.6 Å². The molecule has 1 saturated heterocycles. The Labute approximate surface area is 178 Å². The fourth-order valence-electron chi connectivity index (χ4n) is 3.50. The number of nitrogens with one attached hydrogen (secondary N) is 1. The average Bonchev–Trinajstić information content (AvgIpc) is 3.19. The largest absolute Gasteiger partial charge is 0.454 e. The van der Waals surface area contributed by atoms with Gasteiger partial charge in [0.2, 0.25) is 6.79 Å². The molecule has 2 aliphatic rings. The fourth-order valence-corrected chi connectivity index (χ4v) is 3.56. The molecule has 30 heavy (non-hydrogen) atoms. The van der Waals surface area contributed by atoms with Crippen LogP contribution >= 0.6 is 12.2 Å². The molecule has 2 heterocycles. The fraction of sp³-hybridized carbons (Fsp3) is 0.300. The molecule has 0 saturated carbocycles. The first kappa shape index (κ1) is 20.3. The monoisotopic (exact) mass is 433 g/mol. The molecule has 10 heteroatoms. The van der Waals surface area contributed by atoms with Gasteiger partial charge in [-0.15, -0.1) is 0 Å². The minimum atomic E-state index is -0.567. The van der Waals surface area contributed by atoms with Gasteiger partial charge in [-0.05, 0) is 36.0 Å². The third kappa shape index (κ3) is 4.60. The quantitative estimate of drug-likeness (QED) is 0.425. The van der Waals surface area contributed by atoms with Crippen molar-refractivity contribution in [1.82, 2.24) is 10.3 Å². The van der Waals surface area contributed by atoms with E-state index >= 15 is 0 Å². The number of benzene rings is 2. The lowest BCUT2D eigenvalue weighted by molar-refractivity contribution is 0.174. The smallest absolute Gasteiger partial charge is 0.231 e. The molecule has 0 unspecified atom stereocenters. The second-order valence-electron chi connectivity index (χ2n) is 7.01. The summed E-state index contributed by atoms with van der Waals surface area (Å²) in [6, 6.07) is 8.23. The molecule has 0 spiro atoms. The molecule has 0 radical (unpaired) electrons. The number of piperazine rings is 1. The zero-order chi connectivity index (χ0) is 21.1. The molecule has 0 aliphatic carbocycles. The van der Waals surface area contributed by atoms with Crippen molar-refractivity contribution in [3.8, 4) is 11.5 Å². The molecular weight excluding hydrogens is 412 g/mol. The van der Waals surface area contributed by atoms with Crippen LogP contribution in [0, 0.1) is 11.6 Å². The van der Waals surface area contributed by atoms with Gasteiger partial charge in [-0.3, -0.25) is 10.3 Å². The van der Waals surface area contributed by atoms with Crippen LogP contribution in [0.15, 0.2) is 35.4 Å². The normalized spacial score (nSPS) is 16.3. The molecule has 7 nitrogen and oxygen atoms in total. The van der Waals surface area contributed by atoms with Crippen molar-refractivity contribution in [3.63, 3.8) is 0 Å². The first-order chi connectivity index (χ1) is 14.5. The third-order valence-corrected chi connectivity index (χ3v) is 5.09. The Kier molecular flexibility index (Phi) is 5.96. The van der Waals surface area contributed by atoms with Crippen LogP contribution in [0.5, 0.6) is 11.5 Å². The van der Waals surface area contributed by atoms with Gasteiger partial charge in [0, 0.05) is 44.4 Å². The second-order valence-corrected chi connectivity index (χ2v) is 7.45. The molecule has 158 valence electrons. The molecule has 2 aromatic rings. The minimum absolute atomic E-state index is 0.0152. The SMILES string of the molecule is NC(=S)N/N=C/c1cc(F)c(N2CCN(Cc3ccc4c(c3)OCO4)CC2)cc1F. The third-order valence-electron chi connectivity index (χ3n) is 5.00. The van der Waals surface area contributed by atoms with Crippen molar-refractivity contribution in [2.45, 2.75) is 6.54 Å². The molecule has 3 N–H and O–H groups in total. The number of nitrogens with zero attached hydrogens (tertiary/aromatic N) is 3. The summed E-state index contributed by atoms with van der Waals surface area (Å²) in [6.07, 6.45) is 1.14. The predicted molar refractivity (Wildman–Crippen MR) is 114 cm³/mol. The van der Waals surface area contributed by atoms with E-state index in [0.717, 1.165) is 49.0 Å². The molecule has 2 aromatic carbocycles. The van der Waals surface area contributed by atoms with Crippen LogP contribution in [0.25, 0.3) is 0 Å². The van der Waals surface area contributed by atoms with Crippen molar-refractivity contribution in [2.75, 3.05) is 37.9 Å². The van der Waals surface area contributed by atoms with Crippen LogP contribution in [-0.4, -0.2) is 49.2 Å². The molecule has 4 rings (SSSR count). The number of hydrogen-bond donors (Lipinski definition) is 2. The van der Waals surface area contributed by atoms with E-state index in [1.807, 2.05) is 23.1 Å². The van der Waals surface area contributed by atoms with Gasteiger partial charge in [-0.1, -0.05) is 6.07 Å². The number of nitrogens with two attached hydrogens (primary N) is 1. The zero-order valence-electron chi connectivity index (χ0n) is 16.1. The standard InChI is InChI=1S/C20H21F2N5O2S/c21-15-9-17(16(22)8-14(15)10-24-25-20(23)30)27-5-3-26(4-6-27)11-13-1-2-18-19(7-13)29-12-28-18/h1-2,7-10H,3-6,11-12H2,(H3,23,25,30)/b24-10+. The number of ether oxygens (including phenoxy) is 2. The highest BCUT2D eigenvalue weighted by Gasteiger charge is 2.22. The molecule has 0 atom stereocenters. The summed E-state index contributed by atoms with van der Waals surface area (Å²) in [4.78, 5) is 4.12. The van der Waals surface area contributed by atoms with E-state index in [-0.39, 0.29) is 23.2 Å². The summed E-state index contributed by atoms with van der Waals surface area (Å²) < 4.78 is 39.7. The summed E-state index contributed by atoms with van der Waals surface area (Å²) in [6.45, 7) is 3.66. The van der Waals surface area contributed by atoms with Gasteiger partial charge < -0.3 is 20.1 Å². The number of rotatable bonds is 5. The summed E-state index contributed by atoms with van der Waals surface area (Å²) >= 11 is 4.61. The van der Waals surface area contributed by atoms with E-state index in [1.165, 1.54) is 6.07 Å². The van der Waals surface area contributed by atoms with E-state index in [4.69, 9.17) is 15.2 Å². The maximum atomic E-state index is 14.6. The van der Waals surface area contributed by atoms with Crippen molar-refractivity contribution >= 4 is 29.2 Å². The summed E-state index contributed by atoms with van der Waals surface area (Å²) in [5, 5.41) is 3.62. The van der Waals surface area contributed by atoms with Crippen LogP contribution in [0.2, 0.25) is 0 Å². The number of anilines is 1. The topological polar surface area (TPSA) is 75.4 Å². The van der Waals surface area contributed by atoms with Crippen molar-refractivity contribution in [3.05, 3.63) is 53.1 Å². The number of halogens is 2. The maximum absolute atomic E-state index is 14.6. The molecule has 0 aromatic heterocycles.